The number of allylic oxidation sites excluding steroid dienone is 2. The van der Waals surface area contributed by atoms with Crippen LogP contribution in [0.1, 0.15) is 85.5 Å². The lowest BCUT2D eigenvalue weighted by Gasteiger charge is -2.37. The van der Waals surface area contributed by atoms with E-state index in [-0.39, 0.29) is 17.5 Å². The van der Waals surface area contributed by atoms with Gasteiger partial charge in [-0.3, -0.25) is 14.6 Å². The van der Waals surface area contributed by atoms with Crippen LogP contribution in [0.3, 0.4) is 0 Å². The highest BCUT2D eigenvalue weighted by molar-refractivity contribution is 6.52. The molecule has 0 amide bonds. The molecular formula is C27H40N4O2. The van der Waals surface area contributed by atoms with E-state index < -0.39 is 11.5 Å². The Morgan fingerprint density at radius 1 is 1.00 bits per heavy atom. The van der Waals surface area contributed by atoms with Crippen molar-refractivity contribution in [3.8, 4) is 0 Å². The Labute approximate surface area is 198 Å². The zero-order valence-electron chi connectivity index (χ0n) is 20.9. The molecule has 6 nitrogen and oxygen atoms in total. The molecule has 0 spiro atoms. The van der Waals surface area contributed by atoms with Gasteiger partial charge in [-0.2, -0.15) is 0 Å². The van der Waals surface area contributed by atoms with Crippen molar-refractivity contribution in [3.05, 3.63) is 11.3 Å². The van der Waals surface area contributed by atoms with Crippen LogP contribution in [-0.4, -0.2) is 59.4 Å². The second-order valence-corrected chi connectivity index (χ2v) is 10.7. The average molecular weight is 453 g/mol. The number of hydrogen-bond acceptors (Lipinski definition) is 6. The Kier molecular flexibility index (Phi) is 7.42. The third kappa shape index (κ3) is 4.82. The Hall–Kier alpha value is -1.95. The van der Waals surface area contributed by atoms with Gasteiger partial charge in [-0.15, -0.1) is 0 Å². The third-order valence-electron chi connectivity index (χ3n) is 7.71. The molecule has 0 aromatic rings. The van der Waals surface area contributed by atoms with E-state index in [4.69, 9.17) is 9.98 Å². The van der Waals surface area contributed by atoms with Gasteiger partial charge in [-0.25, -0.2) is 9.98 Å². The fourth-order valence-electron chi connectivity index (χ4n) is 5.91. The van der Waals surface area contributed by atoms with Crippen molar-refractivity contribution in [1.82, 2.24) is 4.90 Å². The standard InChI is InChI=1S/C27H40N4O2/c1-5-14-31(15-6-2)16-10-13-19-21-20(17-28-27(3,4)25(21)33)22-23(24(19)32)30-26(29-22)18-11-8-7-9-12-18/h17-19,21H,5-16H2,1-4H3. The summed E-state index contributed by atoms with van der Waals surface area (Å²) in [6.07, 6.45) is 11.5. The molecule has 4 rings (SSSR count). The second-order valence-electron chi connectivity index (χ2n) is 10.7. The van der Waals surface area contributed by atoms with Crippen LogP contribution in [0.4, 0.5) is 0 Å². The minimum Gasteiger partial charge on any atom is -0.303 e. The molecule has 6 heteroatoms. The summed E-state index contributed by atoms with van der Waals surface area (Å²) in [4.78, 5) is 43.9. The van der Waals surface area contributed by atoms with Crippen LogP contribution < -0.4 is 0 Å². The van der Waals surface area contributed by atoms with Crippen LogP contribution in [0.2, 0.25) is 0 Å². The zero-order valence-corrected chi connectivity index (χ0v) is 20.9. The highest BCUT2D eigenvalue weighted by atomic mass is 16.1. The van der Waals surface area contributed by atoms with Gasteiger partial charge in [-0.1, -0.05) is 33.1 Å². The summed E-state index contributed by atoms with van der Waals surface area (Å²) in [5, 5.41) is 0. The van der Waals surface area contributed by atoms with E-state index in [0.29, 0.717) is 23.7 Å². The van der Waals surface area contributed by atoms with Gasteiger partial charge in [-0.05, 0) is 72.0 Å². The van der Waals surface area contributed by atoms with E-state index in [1.807, 2.05) is 20.1 Å². The molecule has 0 saturated heterocycles. The Morgan fingerprint density at radius 2 is 1.70 bits per heavy atom. The van der Waals surface area contributed by atoms with Crippen molar-refractivity contribution < 1.29 is 9.59 Å². The summed E-state index contributed by atoms with van der Waals surface area (Å²) in [7, 11) is 0. The van der Waals surface area contributed by atoms with Gasteiger partial charge in [0.2, 0.25) is 0 Å². The topological polar surface area (TPSA) is 74.5 Å². The summed E-state index contributed by atoms with van der Waals surface area (Å²) in [5.74, 6) is 0.406. The molecular weight excluding hydrogens is 412 g/mol. The third-order valence-corrected chi connectivity index (χ3v) is 7.71. The van der Waals surface area contributed by atoms with Crippen molar-refractivity contribution >= 4 is 29.3 Å². The first-order valence-corrected chi connectivity index (χ1v) is 13.1. The molecule has 2 heterocycles. The molecule has 0 aromatic carbocycles. The van der Waals surface area contributed by atoms with E-state index in [0.717, 1.165) is 63.1 Å². The van der Waals surface area contributed by atoms with Crippen LogP contribution >= 0.6 is 0 Å². The summed E-state index contributed by atoms with van der Waals surface area (Å²) in [6.45, 7) is 11.2. The van der Waals surface area contributed by atoms with Gasteiger partial charge in [0, 0.05) is 23.6 Å². The molecule has 1 fully saturated rings. The SMILES string of the molecule is CCCN(CCC)CCCC1C(=O)C2=NC(C3CCCCC3)=NC2=C2C=NC(C)(C)C(=O)C21. The molecule has 1 saturated carbocycles. The number of carbonyl (C=O) groups excluding carboxylic acids is 2. The van der Waals surface area contributed by atoms with Crippen LogP contribution in [0.5, 0.6) is 0 Å². The highest BCUT2D eigenvalue weighted by Crippen LogP contribution is 2.42. The molecule has 0 N–H and O–H groups in total. The van der Waals surface area contributed by atoms with Gasteiger partial charge in [0.05, 0.1) is 5.92 Å². The largest absolute Gasteiger partial charge is 0.303 e. The predicted octanol–water partition coefficient (Wildman–Crippen LogP) is 4.82. The van der Waals surface area contributed by atoms with Crippen molar-refractivity contribution in [2.24, 2.45) is 32.7 Å². The van der Waals surface area contributed by atoms with Crippen LogP contribution in [0.15, 0.2) is 26.2 Å². The maximum absolute atomic E-state index is 13.7. The smallest absolute Gasteiger partial charge is 0.187 e. The number of Topliss-reactive ketones (excluding diaryl/α,β-unsaturated/α-hetero) is 2. The molecule has 180 valence electrons. The highest BCUT2D eigenvalue weighted by Gasteiger charge is 2.51. The first-order chi connectivity index (χ1) is 15.9. The molecule has 33 heavy (non-hydrogen) atoms. The van der Waals surface area contributed by atoms with E-state index in [2.05, 4.69) is 23.7 Å². The number of fused-ring (bicyclic) bond motifs is 2. The Morgan fingerprint density at radius 3 is 2.36 bits per heavy atom. The number of rotatable bonds is 9. The number of amidine groups is 1. The molecule has 4 aliphatic rings. The van der Waals surface area contributed by atoms with E-state index in [9.17, 15) is 9.59 Å². The molecule has 0 bridgehead atoms. The van der Waals surface area contributed by atoms with Crippen LogP contribution in [0.25, 0.3) is 0 Å². The van der Waals surface area contributed by atoms with E-state index in [1.54, 1.807) is 0 Å². The molecule has 2 aliphatic heterocycles. The lowest BCUT2D eigenvalue weighted by Crippen LogP contribution is -2.49. The number of hydrogen-bond donors (Lipinski definition) is 0. The summed E-state index contributed by atoms with van der Waals surface area (Å²) in [5.41, 5.74) is 1.15. The Bertz CT molecular complexity index is 899. The number of aliphatic imine (C=N–C) groups is 3. The molecule has 0 radical (unpaired) electrons. The predicted molar refractivity (Wildman–Crippen MR) is 134 cm³/mol. The summed E-state index contributed by atoms with van der Waals surface area (Å²) in [6, 6.07) is 0. The van der Waals surface area contributed by atoms with Crippen LogP contribution in [0, 0.1) is 17.8 Å². The first kappa shape index (κ1) is 24.2. The van der Waals surface area contributed by atoms with Crippen molar-refractivity contribution in [1.29, 1.82) is 0 Å². The minimum atomic E-state index is -0.799. The lowest BCUT2D eigenvalue weighted by atomic mass is 9.67. The van der Waals surface area contributed by atoms with E-state index >= 15 is 0 Å². The summed E-state index contributed by atoms with van der Waals surface area (Å²) < 4.78 is 0. The Balaban J connectivity index is 1.62. The van der Waals surface area contributed by atoms with Gasteiger partial charge >= 0.3 is 0 Å². The first-order valence-electron chi connectivity index (χ1n) is 13.1. The normalized spacial score (nSPS) is 27.1. The molecule has 2 unspecified atom stereocenters. The zero-order chi connectivity index (χ0) is 23.6. The van der Waals surface area contributed by atoms with Crippen molar-refractivity contribution in [2.75, 3.05) is 19.6 Å². The maximum Gasteiger partial charge on any atom is 0.187 e. The molecule has 2 atom stereocenters. The van der Waals surface area contributed by atoms with Gasteiger partial charge in [0.1, 0.15) is 22.8 Å². The number of carbonyl (C=O) groups is 2. The quantitative estimate of drug-likeness (QED) is 0.503. The van der Waals surface area contributed by atoms with Crippen molar-refractivity contribution in [2.45, 2.75) is 91.0 Å². The minimum absolute atomic E-state index is 0.0188. The average Bonchev–Trinajstić information content (AvgIpc) is 3.25. The van der Waals surface area contributed by atoms with E-state index in [1.165, 1.54) is 19.3 Å². The van der Waals surface area contributed by atoms with Crippen molar-refractivity contribution in [3.63, 3.8) is 0 Å². The molecule has 0 aromatic heterocycles. The monoisotopic (exact) mass is 452 g/mol. The second kappa shape index (κ2) is 10.1. The van der Waals surface area contributed by atoms with Gasteiger partial charge in [0.15, 0.2) is 11.6 Å². The summed E-state index contributed by atoms with van der Waals surface area (Å²) >= 11 is 0. The lowest BCUT2D eigenvalue weighted by molar-refractivity contribution is -0.131. The number of ketones is 2. The van der Waals surface area contributed by atoms with Gasteiger partial charge in [0.25, 0.3) is 0 Å². The maximum atomic E-state index is 13.7. The molecule has 2 aliphatic carbocycles. The fourth-order valence-corrected chi connectivity index (χ4v) is 5.91. The van der Waals surface area contributed by atoms with Crippen LogP contribution in [-0.2, 0) is 9.59 Å². The fraction of sp³-hybridized carbons (Fsp3) is 0.741. The number of nitrogens with zero attached hydrogens (tertiary/aromatic N) is 4. The van der Waals surface area contributed by atoms with Gasteiger partial charge < -0.3 is 4.90 Å².